The van der Waals surface area contributed by atoms with Crippen LogP contribution in [0.4, 0.5) is 4.39 Å². The van der Waals surface area contributed by atoms with Gasteiger partial charge >= 0.3 is 0 Å². The lowest BCUT2D eigenvalue weighted by Crippen LogP contribution is -2.03. The minimum atomic E-state index is -0.280. The van der Waals surface area contributed by atoms with Crippen LogP contribution < -0.4 is 5.73 Å². The third-order valence-corrected chi connectivity index (χ3v) is 1.93. The number of nitrogens with zero attached hydrogens (tertiary/aromatic N) is 2. The van der Waals surface area contributed by atoms with E-state index in [0.29, 0.717) is 5.17 Å². The molecule has 0 aromatic heterocycles. The Labute approximate surface area is 91.6 Å². The van der Waals surface area contributed by atoms with Crippen molar-refractivity contribution in [2.24, 2.45) is 15.9 Å². The van der Waals surface area contributed by atoms with Gasteiger partial charge in [-0.05, 0) is 23.1 Å². The molecule has 0 atom stereocenters. The molecule has 3 nitrogen and oxygen atoms in total. The summed E-state index contributed by atoms with van der Waals surface area (Å²) in [4.78, 5) is 0. The Morgan fingerprint density at radius 1 is 1.40 bits per heavy atom. The van der Waals surface area contributed by atoms with Crippen molar-refractivity contribution in [3.63, 3.8) is 0 Å². The fourth-order valence-corrected chi connectivity index (χ4v) is 1.08. The van der Waals surface area contributed by atoms with E-state index in [4.69, 9.17) is 5.73 Å². The molecule has 0 aliphatic rings. The summed E-state index contributed by atoms with van der Waals surface area (Å²) in [6.45, 7) is 3.49. The van der Waals surface area contributed by atoms with E-state index in [1.54, 1.807) is 17.5 Å². The van der Waals surface area contributed by atoms with Gasteiger partial charge in [0.25, 0.3) is 0 Å². The third-order valence-electron chi connectivity index (χ3n) is 1.44. The van der Waals surface area contributed by atoms with Gasteiger partial charge < -0.3 is 5.73 Å². The summed E-state index contributed by atoms with van der Waals surface area (Å²) < 4.78 is 12.5. The number of hydrogen-bond acceptors (Lipinski definition) is 3. The van der Waals surface area contributed by atoms with Gasteiger partial charge in [0.05, 0.1) is 6.21 Å². The lowest BCUT2D eigenvalue weighted by atomic mass is 10.2. The first kappa shape index (κ1) is 11.5. The normalized spacial score (nSPS) is 11.9. The average Bonchev–Trinajstić information content (AvgIpc) is 2.21. The van der Waals surface area contributed by atoms with Gasteiger partial charge in [-0.3, -0.25) is 0 Å². The first-order valence-corrected chi connectivity index (χ1v) is 5.00. The first-order chi connectivity index (χ1) is 7.22. The highest BCUT2D eigenvalue weighted by molar-refractivity contribution is 8.16. The summed E-state index contributed by atoms with van der Waals surface area (Å²) in [6, 6.07) is 5.91. The summed E-state index contributed by atoms with van der Waals surface area (Å²) in [6.07, 6.45) is 1.50. The van der Waals surface area contributed by atoms with Crippen LogP contribution in [-0.4, -0.2) is 11.4 Å². The van der Waals surface area contributed by atoms with E-state index in [1.165, 1.54) is 30.1 Å². The summed E-state index contributed by atoms with van der Waals surface area (Å²) >= 11 is 1.19. The summed E-state index contributed by atoms with van der Waals surface area (Å²) in [7, 11) is 0. The molecule has 5 heteroatoms. The zero-order valence-electron chi connectivity index (χ0n) is 7.93. The van der Waals surface area contributed by atoms with E-state index in [1.807, 2.05) is 0 Å². The second-order valence-electron chi connectivity index (χ2n) is 2.52. The molecule has 0 amide bonds. The van der Waals surface area contributed by atoms with Gasteiger partial charge in [-0.25, -0.2) is 4.39 Å². The first-order valence-electron chi connectivity index (χ1n) is 4.12. The van der Waals surface area contributed by atoms with Crippen LogP contribution in [0.3, 0.4) is 0 Å². The quantitative estimate of drug-likeness (QED) is 0.486. The molecule has 15 heavy (non-hydrogen) atoms. The van der Waals surface area contributed by atoms with Gasteiger partial charge in [-0.2, -0.15) is 5.10 Å². The maximum absolute atomic E-state index is 12.5. The molecule has 0 heterocycles. The second-order valence-corrected chi connectivity index (χ2v) is 3.51. The number of nitrogens with two attached hydrogens (primary N) is 1. The minimum Gasteiger partial charge on any atom is -0.377 e. The van der Waals surface area contributed by atoms with Crippen LogP contribution in [0.2, 0.25) is 0 Å². The Bertz CT molecular complexity index is 384. The van der Waals surface area contributed by atoms with E-state index in [2.05, 4.69) is 16.8 Å². The highest BCUT2D eigenvalue weighted by Crippen LogP contribution is 2.01. The number of halogens is 1. The van der Waals surface area contributed by atoms with E-state index in [0.717, 1.165) is 5.56 Å². The lowest BCUT2D eigenvalue weighted by Gasteiger charge is -1.91. The van der Waals surface area contributed by atoms with Crippen molar-refractivity contribution in [2.75, 3.05) is 0 Å². The standard InChI is InChI=1S/C10H10FN3S/c1-2-15-10(12)14-13-7-8-3-5-9(11)6-4-8/h2-7H,1H2,(H2,12,14)/b13-7+. The van der Waals surface area contributed by atoms with Gasteiger partial charge in [0.1, 0.15) is 5.82 Å². The fraction of sp³-hybridized carbons (Fsp3) is 0. The number of rotatable bonds is 3. The fourth-order valence-electron chi connectivity index (χ4n) is 0.810. The summed E-state index contributed by atoms with van der Waals surface area (Å²) in [5, 5.41) is 9.30. The molecule has 2 N–H and O–H groups in total. The maximum Gasteiger partial charge on any atom is 0.184 e. The topological polar surface area (TPSA) is 50.7 Å². The van der Waals surface area contributed by atoms with E-state index >= 15 is 0 Å². The molecule has 0 bridgehead atoms. The predicted molar refractivity (Wildman–Crippen MR) is 63.4 cm³/mol. The monoisotopic (exact) mass is 223 g/mol. The molecule has 0 aliphatic carbocycles. The SMILES string of the molecule is C=CS/C(N)=N\N=C\c1ccc(F)cc1. The van der Waals surface area contributed by atoms with E-state index in [-0.39, 0.29) is 5.82 Å². The van der Waals surface area contributed by atoms with Gasteiger partial charge in [-0.1, -0.05) is 30.5 Å². The number of benzene rings is 1. The Morgan fingerprint density at radius 3 is 2.67 bits per heavy atom. The van der Waals surface area contributed by atoms with Gasteiger partial charge in [0.2, 0.25) is 0 Å². The Kier molecular flexibility index (Phi) is 4.56. The van der Waals surface area contributed by atoms with Gasteiger partial charge in [-0.15, -0.1) is 5.10 Å². The van der Waals surface area contributed by atoms with Crippen LogP contribution in [0.5, 0.6) is 0 Å². The smallest absolute Gasteiger partial charge is 0.184 e. The maximum atomic E-state index is 12.5. The molecule has 0 aliphatic heterocycles. The van der Waals surface area contributed by atoms with Gasteiger partial charge in [0, 0.05) is 0 Å². The molecule has 0 saturated heterocycles. The Morgan fingerprint density at radius 2 is 2.07 bits per heavy atom. The van der Waals surface area contributed by atoms with Crippen LogP contribution in [-0.2, 0) is 0 Å². The summed E-state index contributed by atoms with van der Waals surface area (Å²) in [5.41, 5.74) is 6.20. The lowest BCUT2D eigenvalue weighted by molar-refractivity contribution is 0.628. The van der Waals surface area contributed by atoms with Crippen LogP contribution >= 0.6 is 11.8 Å². The largest absolute Gasteiger partial charge is 0.377 e. The number of thioether (sulfide) groups is 1. The zero-order valence-corrected chi connectivity index (χ0v) is 8.75. The van der Waals surface area contributed by atoms with Crippen LogP contribution in [0, 0.1) is 5.82 Å². The van der Waals surface area contributed by atoms with Crippen molar-refractivity contribution >= 4 is 23.1 Å². The third kappa shape index (κ3) is 4.42. The minimum absolute atomic E-state index is 0.280. The Hall–Kier alpha value is -1.62. The molecule has 0 unspecified atom stereocenters. The van der Waals surface area contributed by atoms with Crippen molar-refractivity contribution in [3.05, 3.63) is 47.6 Å². The number of hydrogen-bond donors (Lipinski definition) is 1. The van der Waals surface area contributed by atoms with Crippen molar-refractivity contribution < 1.29 is 4.39 Å². The second kappa shape index (κ2) is 5.98. The van der Waals surface area contributed by atoms with Crippen LogP contribution in [0.1, 0.15) is 5.56 Å². The van der Waals surface area contributed by atoms with E-state index in [9.17, 15) is 4.39 Å². The van der Waals surface area contributed by atoms with Crippen LogP contribution in [0.15, 0.2) is 46.5 Å². The molecule has 0 fully saturated rings. The molecule has 0 radical (unpaired) electrons. The molecule has 78 valence electrons. The van der Waals surface area contributed by atoms with Crippen molar-refractivity contribution in [1.29, 1.82) is 0 Å². The number of amidine groups is 1. The van der Waals surface area contributed by atoms with Crippen LogP contribution in [0.25, 0.3) is 0 Å². The molecule has 0 spiro atoms. The molecule has 1 rings (SSSR count). The molecular formula is C10H10FN3S. The predicted octanol–water partition coefficient (Wildman–Crippen LogP) is 2.35. The summed E-state index contributed by atoms with van der Waals surface area (Å²) in [5.74, 6) is -0.280. The molecular weight excluding hydrogens is 213 g/mol. The van der Waals surface area contributed by atoms with Crippen molar-refractivity contribution in [3.8, 4) is 0 Å². The highest BCUT2D eigenvalue weighted by atomic mass is 32.2. The Balaban J connectivity index is 2.61. The highest BCUT2D eigenvalue weighted by Gasteiger charge is 1.89. The van der Waals surface area contributed by atoms with Crippen molar-refractivity contribution in [1.82, 2.24) is 0 Å². The average molecular weight is 223 g/mol. The van der Waals surface area contributed by atoms with E-state index < -0.39 is 0 Å². The molecule has 1 aromatic carbocycles. The van der Waals surface area contributed by atoms with Crippen molar-refractivity contribution in [2.45, 2.75) is 0 Å². The molecule has 1 aromatic rings. The zero-order chi connectivity index (χ0) is 11.1. The molecule has 0 saturated carbocycles. The van der Waals surface area contributed by atoms with Gasteiger partial charge in [0.15, 0.2) is 5.17 Å².